The van der Waals surface area contributed by atoms with Crippen LogP contribution in [-0.2, 0) is 0 Å². The van der Waals surface area contributed by atoms with E-state index in [2.05, 4.69) is 506 Å². The molecule has 4 heterocycles. The Morgan fingerprint density at radius 3 is 0.717 bits per heavy atom. The Hall–Kier alpha value is -18.1. The first-order chi connectivity index (χ1) is 68.2. The molecule has 0 spiro atoms. The zero-order valence-electron chi connectivity index (χ0n) is 76.7. The predicted octanol–water partition coefficient (Wildman–Crippen LogP) is 35.7. The summed E-state index contributed by atoms with van der Waals surface area (Å²) >= 11 is 0. The molecule has 4 aromatic heterocycles. The van der Waals surface area contributed by atoms with Crippen LogP contribution in [0.2, 0.25) is 0 Å². The van der Waals surface area contributed by atoms with Gasteiger partial charge in [0.2, 0.25) is 0 Å². The van der Waals surface area contributed by atoms with E-state index in [-0.39, 0.29) is 0 Å². The summed E-state index contributed by atoms with van der Waals surface area (Å²) in [7, 11) is 0. The van der Waals surface area contributed by atoms with Crippen LogP contribution in [0.4, 0.5) is 103 Å². The number of hydrogen-bond acceptors (Lipinski definition) is 10. The number of nitrogens with zero attached hydrogens (tertiary/aromatic N) is 10. The molecule has 22 aromatic carbocycles. The van der Waals surface area contributed by atoms with Crippen molar-refractivity contribution in [2.45, 2.75) is 27.7 Å². The summed E-state index contributed by atoms with van der Waals surface area (Å²) in [6, 6.07) is 165. The van der Waals surface area contributed by atoms with E-state index in [9.17, 15) is 0 Å². The van der Waals surface area contributed by atoms with Gasteiger partial charge in [-0.05, 0) is 283 Å². The molecule has 26 rings (SSSR count). The number of aromatic nitrogens is 4. The van der Waals surface area contributed by atoms with Gasteiger partial charge in [0.15, 0.2) is 0 Å². The van der Waals surface area contributed by atoms with Crippen molar-refractivity contribution < 1.29 is 0 Å². The zero-order valence-corrected chi connectivity index (χ0v) is 76.7. The quantitative estimate of drug-likeness (QED) is 0.0776. The van der Waals surface area contributed by atoms with E-state index >= 15 is 0 Å². The van der Waals surface area contributed by atoms with Crippen LogP contribution >= 0.6 is 0 Å². The number of benzene rings is 22. The highest BCUT2D eigenvalue weighted by molar-refractivity contribution is 6.32. The van der Waals surface area contributed by atoms with Crippen molar-refractivity contribution >= 4 is 221 Å². The molecule has 0 atom stereocenters. The van der Waals surface area contributed by atoms with Gasteiger partial charge >= 0.3 is 0 Å². The van der Waals surface area contributed by atoms with Gasteiger partial charge < -0.3 is 9.80 Å². The van der Waals surface area contributed by atoms with Crippen LogP contribution in [0.3, 0.4) is 0 Å². The second-order valence-electron chi connectivity index (χ2n) is 35.5. The monoisotopic (exact) mass is 1770 g/mol. The summed E-state index contributed by atoms with van der Waals surface area (Å²) < 4.78 is 0. The summed E-state index contributed by atoms with van der Waals surface area (Å²) in [5.74, 6) is 3.53. The van der Waals surface area contributed by atoms with Crippen LogP contribution in [0.15, 0.2) is 486 Å². The van der Waals surface area contributed by atoms with E-state index < -0.39 is 0 Å². The number of para-hydroxylation sites is 6. The molecule has 138 heavy (non-hydrogen) atoms. The summed E-state index contributed by atoms with van der Waals surface area (Å²) in [4.78, 5) is 33.5. The minimum Gasteiger partial charge on any atom is -0.310 e. The Kier molecular flexibility index (Phi) is 21.3. The molecule has 0 saturated carbocycles. The summed E-state index contributed by atoms with van der Waals surface area (Å²) in [5, 5.41) is 27.0. The van der Waals surface area contributed by atoms with Crippen molar-refractivity contribution in [1.29, 1.82) is 0 Å². The number of aryl methyl sites for hydroxylation is 4. The average molecular weight is 1770 g/mol. The molecule has 0 aliphatic heterocycles. The minimum absolute atomic E-state index is 0.877. The molecule has 0 radical (unpaired) electrons. The summed E-state index contributed by atoms with van der Waals surface area (Å²) in [6.07, 6.45) is 7.63. The fourth-order valence-corrected chi connectivity index (χ4v) is 20.8. The molecular weight excluding hydrogens is 1680 g/mol. The van der Waals surface area contributed by atoms with E-state index in [1.165, 1.54) is 141 Å². The van der Waals surface area contributed by atoms with Crippen molar-refractivity contribution in [3.63, 3.8) is 0 Å². The molecular formula is C128H92N10. The lowest BCUT2D eigenvalue weighted by atomic mass is 9.88. The first kappa shape index (κ1) is 83.0. The van der Waals surface area contributed by atoms with Crippen LogP contribution in [0, 0.1) is 27.7 Å². The first-order valence-electron chi connectivity index (χ1n) is 47.0. The van der Waals surface area contributed by atoms with E-state index in [4.69, 9.17) is 19.9 Å². The van der Waals surface area contributed by atoms with Gasteiger partial charge in [-0.25, -0.2) is 19.9 Å². The highest BCUT2D eigenvalue weighted by Gasteiger charge is 2.30. The first-order valence-corrected chi connectivity index (χ1v) is 47.0. The molecule has 0 unspecified atom stereocenters. The highest BCUT2D eigenvalue weighted by Crippen LogP contribution is 2.54. The molecule has 0 aliphatic carbocycles. The molecule has 10 nitrogen and oxygen atoms in total. The Labute approximate surface area is 801 Å². The number of anilines is 18. The maximum Gasteiger partial charge on any atom is 0.137 e. The largest absolute Gasteiger partial charge is 0.310 e. The molecule has 0 bridgehead atoms. The lowest BCUT2D eigenvalue weighted by Crippen LogP contribution is -2.14. The zero-order chi connectivity index (χ0) is 92.3. The topological polar surface area (TPSA) is 71.0 Å². The van der Waals surface area contributed by atoms with Crippen LogP contribution in [0.5, 0.6) is 0 Å². The number of pyridine rings is 4. The van der Waals surface area contributed by atoms with Crippen molar-refractivity contribution in [2.24, 2.45) is 0 Å². The van der Waals surface area contributed by atoms with Gasteiger partial charge in [-0.2, -0.15) is 0 Å². The van der Waals surface area contributed by atoms with E-state index in [0.717, 1.165) is 103 Å². The average Bonchev–Trinajstić information content (AvgIpc) is 0.732. The normalized spacial score (nSPS) is 11.5. The molecule has 0 amide bonds. The van der Waals surface area contributed by atoms with Gasteiger partial charge in [-0.1, -0.05) is 303 Å². The molecule has 0 saturated heterocycles. The second kappa shape index (κ2) is 35.4. The van der Waals surface area contributed by atoms with E-state index in [0.29, 0.717) is 0 Å². The molecule has 654 valence electrons. The van der Waals surface area contributed by atoms with Crippen molar-refractivity contribution in [3.05, 3.63) is 508 Å². The molecule has 26 aromatic rings. The fourth-order valence-electron chi connectivity index (χ4n) is 20.8. The van der Waals surface area contributed by atoms with Gasteiger partial charge in [0.25, 0.3) is 0 Å². The molecule has 0 aliphatic rings. The van der Waals surface area contributed by atoms with Gasteiger partial charge in [0.1, 0.15) is 23.3 Å². The Morgan fingerprint density at radius 1 is 0.152 bits per heavy atom. The molecule has 0 N–H and O–H groups in total. The maximum atomic E-state index is 4.93. The molecule has 10 heteroatoms. The van der Waals surface area contributed by atoms with Crippen LogP contribution < -0.4 is 29.4 Å². The molecule has 0 fully saturated rings. The number of rotatable bonds is 18. The van der Waals surface area contributed by atoms with E-state index in [1.807, 2.05) is 36.9 Å². The fraction of sp³-hybridized carbons (Fsp3) is 0.0312. The van der Waals surface area contributed by atoms with Gasteiger partial charge in [0.05, 0.1) is 45.5 Å². The highest BCUT2D eigenvalue weighted by atomic mass is 15.2. The number of hydrogen-bond donors (Lipinski definition) is 0. The summed E-state index contributed by atoms with van der Waals surface area (Å²) in [5.41, 5.74) is 20.3. The third kappa shape index (κ3) is 14.8. The second-order valence-corrected chi connectivity index (χ2v) is 35.5. The Balaban J connectivity index is 0.000000113. The van der Waals surface area contributed by atoms with Gasteiger partial charge in [-0.15, -0.1) is 0 Å². The third-order valence-electron chi connectivity index (χ3n) is 27.1. The summed E-state index contributed by atoms with van der Waals surface area (Å²) in [6.45, 7) is 8.61. The Morgan fingerprint density at radius 2 is 0.406 bits per heavy atom. The lowest BCUT2D eigenvalue weighted by molar-refractivity contribution is 1.17. The minimum atomic E-state index is 0.877. The predicted molar refractivity (Wildman–Crippen MR) is 584 cm³/mol. The van der Waals surface area contributed by atoms with E-state index in [1.54, 1.807) is 0 Å². The SMILES string of the molecule is Cc1cc(N(c2ccccn2)c2cccc3ccccc23)c2ccc3c(C)cc(N(c4ccccn4)c4cccc5ccccc45)c4ccc1c2c34.Cc1ccc(N(c2ccccc2)c2ccc3ccc4c(N(c5ccccc5)c5ccc(C)cn5)ccc5ccc2c3c54)nc1.c1ccc(N(c2ccccc2)c2ccc3ccc4c(N(c5ccccc5)c5ccccc5)ccc5ccc2c3c54)cc1. The standard InChI is InChI=1S/C48H34N4.C40H30N4.C40H28N2/c1-31-29-43(51(45-21-7-9-27-49-45)41-19-11-15-33-13-3-5-17-37(33)41)39-26-24-36-32(2)30-44(40-25-23-35(31)47(39)48(36)40)52(46-22-8-10-28-50-46)42-20-12-16-34-14-4-6-18-38(34)42;1-27-13-23-37(41-25-27)43(31-9-5-3-6-10-31)35-21-17-29-16-20-34-36(22-18-30-15-19-33(35)39(29)40(30)34)44(32-11-7-4-8-12-32)38-24-14-28(2)26-42-38;1-5-13-31(14-6-1)41(32-15-7-2-8-16-32)37-27-23-29-22-26-36-38(28-24-30-21-25-35(37)39(29)40(30)36)42(33-17-9-3-10-18-33)34-19-11-4-12-20-34/h3-30H,1-2H3;3-26H,1-2H3;1-28H. The third-order valence-corrected chi connectivity index (χ3v) is 27.1. The Bertz CT molecular complexity index is 8320. The van der Waals surface area contributed by atoms with Gasteiger partial charge in [-0.3, -0.25) is 19.6 Å². The van der Waals surface area contributed by atoms with Crippen molar-refractivity contribution in [2.75, 3.05) is 29.4 Å². The van der Waals surface area contributed by atoms with Crippen molar-refractivity contribution in [3.8, 4) is 0 Å². The van der Waals surface area contributed by atoms with Crippen LogP contribution in [-0.4, -0.2) is 19.9 Å². The number of fused-ring (bicyclic) bond motifs is 2. The van der Waals surface area contributed by atoms with Crippen LogP contribution in [0.1, 0.15) is 22.3 Å². The lowest BCUT2D eigenvalue weighted by Gasteiger charge is -2.30. The van der Waals surface area contributed by atoms with Crippen LogP contribution in [0.25, 0.3) is 118 Å². The smallest absolute Gasteiger partial charge is 0.137 e. The maximum absolute atomic E-state index is 4.93. The van der Waals surface area contributed by atoms with Crippen molar-refractivity contribution in [1.82, 2.24) is 19.9 Å². The van der Waals surface area contributed by atoms with Gasteiger partial charge in [0, 0.05) is 102 Å².